The number of aryl methyl sites for hydroxylation is 1. The Labute approximate surface area is 157 Å². The van der Waals surface area contributed by atoms with Gasteiger partial charge < -0.3 is 10.2 Å². The van der Waals surface area contributed by atoms with Crippen molar-refractivity contribution in [3.8, 4) is 0 Å². The third-order valence-electron chi connectivity index (χ3n) is 4.61. The van der Waals surface area contributed by atoms with Crippen LogP contribution < -0.4 is 10.2 Å². The minimum Gasteiger partial charge on any atom is -0.352 e. The van der Waals surface area contributed by atoms with Crippen LogP contribution in [0.5, 0.6) is 0 Å². The predicted molar refractivity (Wildman–Crippen MR) is 99.5 cm³/mol. The summed E-state index contributed by atoms with van der Waals surface area (Å²) in [6.07, 6.45) is 1.11. The Morgan fingerprint density at radius 2 is 1.92 bits per heavy atom. The Bertz CT molecular complexity index is 823. The molecule has 1 aliphatic heterocycles. The van der Waals surface area contributed by atoms with E-state index in [-0.39, 0.29) is 29.8 Å². The highest BCUT2D eigenvalue weighted by Gasteiger charge is 2.35. The smallest absolute Gasteiger partial charge is 0.227 e. The molecule has 0 aromatic heterocycles. The molecular formula is C20H20ClFN2O2. The highest BCUT2D eigenvalue weighted by atomic mass is 35.5. The van der Waals surface area contributed by atoms with E-state index in [2.05, 4.69) is 12.2 Å². The van der Waals surface area contributed by atoms with Gasteiger partial charge in [0.05, 0.1) is 10.9 Å². The Kier molecular flexibility index (Phi) is 5.57. The van der Waals surface area contributed by atoms with Crippen molar-refractivity contribution >= 4 is 29.1 Å². The molecule has 26 heavy (non-hydrogen) atoms. The van der Waals surface area contributed by atoms with E-state index in [0.29, 0.717) is 12.2 Å². The van der Waals surface area contributed by atoms with Gasteiger partial charge in [0, 0.05) is 25.2 Å². The number of nitrogens with one attached hydrogen (secondary N) is 1. The largest absolute Gasteiger partial charge is 0.352 e. The van der Waals surface area contributed by atoms with Crippen LogP contribution in [0.4, 0.5) is 10.1 Å². The summed E-state index contributed by atoms with van der Waals surface area (Å²) in [4.78, 5) is 26.1. The fraction of sp³-hybridized carbons (Fsp3) is 0.300. The second kappa shape index (κ2) is 7.87. The molecule has 136 valence electrons. The molecule has 0 saturated carbocycles. The molecule has 1 N–H and O–H groups in total. The number of benzene rings is 2. The van der Waals surface area contributed by atoms with Gasteiger partial charge in [-0.25, -0.2) is 4.39 Å². The SMILES string of the molecule is CCc1ccc(CNC(=O)[C@@H]2CC(=O)N(c3ccc(F)c(Cl)c3)C2)cc1. The van der Waals surface area contributed by atoms with E-state index >= 15 is 0 Å². The summed E-state index contributed by atoms with van der Waals surface area (Å²) in [6.45, 7) is 2.78. The Hall–Kier alpha value is -2.40. The van der Waals surface area contributed by atoms with Crippen molar-refractivity contribution in [1.82, 2.24) is 5.32 Å². The maximum absolute atomic E-state index is 13.3. The monoisotopic (exact) mass is 374 g/mol. The maximum Gasteiger partial charge on any atom is 0.227 e. The van der Waals surface area contributed by atoms with Crippen molar-refractivity contribution in [3.63, 3.8) is 0 Å². The van der Waals surface area contributed by atoms with Crippen molar-refractivity contribution in [2.24, 2.45) is 5.92 Å². The Morgan fingerprint density at radius 1 is 1.23 bits per heavy atom. The lowest BCUT2D eigenvalue weighted by Crippen LogP contribution is -2.32. The molecule has 0 radical (unpaired) electrons. The number of rotatable bonds is 5. The van der Waals surface area contributed by atoms with Crippen molar-refractivity contribution in [3.05, 3.63) is 64.4 Å². The lowest BCUT2D eigenvalue weighted by molar-refractivity contribution is -0.126. The first-order valence-electron chi connectivity index (χ1n) is 8.59. The summed E-state index contributed by atoms with van der Waals surface area (Å²) in [7, 11) is 0. The topological polar surface area (TPSA) is 49.4 Å². The molecule has 2 aromatic rings. The van der Waals surface area contributed by atoms with Gasteiger partial charge >= 0.3 is 0 Å². The van der Waals surface area contributed by atoms with Crippen LogP contribution in [-0.4, -0.2) is 18.4 Å². The molecule has 2 amide bonds. The minimum absolute atomic E-state index is 0.0428. The zero-order valence-corrected chi connectivity index (χ0v) is 15.2. The van der Waals surface area contributed by atoms with E-state index in [1.54, 1.807) is 0 Å². The molecule has 1 aliphatic rings. The Morgan fingerprint density at radius 3 is 2.58 bits per heavy atom. The summed E-state index contributed by atoms with van der Waals surface area (Å²) < 4.78 is 13.3. The summed E-state index contributed by atoms with van der Waals surface area (Å²) in [5, 5.41) is 2.84. The van der Waals surface area contributed by atoms with Crippen molar-refractivity contribution < 1.29 is 14.0 Å². The molecule has 0 aliphatic carbocycles. The van der Waals surface area contributed by atoms with Crippen LogP contribution in [0.15, 0.2) is 42.5 Å². The van der Waals surface area contributed by atoms with Crippen LogP contribution in [0.25, 0.3) is 0 Å². The normalized spacial score (nSPS) is 16.8. The molecule has 1 fully saturated rings. The first-order chi connectivity index (χ1) is 12.5. The van der Waals surface area contributed by atoms with Gasteiger partial charge in [0.1, 0.15) is 5.82 Å². The highest BCUT2D eigenvalue weighted by Crippen LogP contribution is 2.28. The predicted octanol–water partition coefficient (Wildman–Crippen LogP) is 3.71. The molecule has 3 rings (SSSR count). The third-order valence-corrected chi connectivity index (χ3v) is 4.90. The van der Waals surface area contributed by atoms with Gasteiger partial charge in [-0.05, 0) is 35.7 Å². The van der Waals surface area contributed by atoms with Gasteiger partial charge in [-0.2, -0.15) is 0 Å². The van der Waals surface area contributed by atoms with Crippen molar-refractivity contribution in [2.75, 3.05) is 11.4 Å². The van der Waals surface area contributed by atoms with E-state index in [4.69, 9.17) is 11.6 Å². The summed E-state index contributed by atoms with van der Waals surface area (Å²) >= 11 is 5.79. The second-order valence-corrected chi connectivity index (χ2v) is 6.80. The van der Waals surface area contributed by atoms with Crippen LogP contribution in [0, 0.1) is 11.7 Å². The average Bonchev–Trinajstić information content (AvgIpc) is 3.04. The molecule has 1 heterocycles. The van der Waals surface area contributed by atoms with Gasteiger partial charge in [0.25, 0.3) is 0 Å². The van der Waals surface area contributed by atoms with Crippen molar-refractivity contribution in [2.45, 2.75) is 26.3 Å². The fourth-order valence-electron chi connectivity index (χ4n) is 3.01. The lowest BCUT2D eigenvalue weighted by Gasteiger charge is -2.17. The van der Waals surface area contributed by atoms with Crippen LogP contribution in [0.1, 0.15) is 24.5 Å². The van der Waals surface area contributed by atoms with Gasteiger partial charge in [-0.1, -0.05) is 42.8 Å². The molecule has 1 saturated heterocycles. The number of anilines is 1. The molecule has 6 heteroatoms. The Balaban J connectivity index is 1.60. The first-order valence-corrected chi connectivity index (χ1v) is 8.96. The molecular weight excluding hydrogens is 355 g/mol. The molecule has 0 bridgehead atoms. The van der Waals surface area contributed by atoms with Crippen LogP contribution in [0.3, 0.4) is 0 Å². The van der Waals surface area contributed by atoms with E-state index in [0.717, 1.165) is 12.0 Å². The number of carbonyl (C=O) groups is 2. The molecule has 0 unspecified atom stereocenters. The van der Waals surface area contributed by atoms with E-state index < -0.39 is 11.7 Å². The summed E-state index contributed by atoms with van der Waals surface area (Å²) in [5.74, 6) is -1.29. The third kappa shape index (κ3) is 4.05. The fourth-order valence-corrected chi connectivity index (χ4v) is 3.19. The summed E-state index contributed by atoms with van der Waals surface area (Å²) in [5.41, 5.74) is 2.77. The quantitative estimate of drug-likeness (QED) is 0.867. The van der Waals surface area contributed by atoms with E-state index in [1.807, 2.05) is 24.3 Å². The molecule has 4 nitrogen and oxygen atoms in total. The zero-order valence-electron chi connectivity index (χ0n) is 14.5. The highest BCUT2D eigenvalue weighted by molar-refractivity contribution is 6.31. The average molecular weight is 375 g/mol. The number of carbonyl (C=O) groups excluding carboxylic acids is 2. The van der Waals surface area contributed by atoms with Crippen LogP contribution >= 0.6 is 11.6 Å². The minimum atomic E-state index is -0.537. The number of amides is 2. The number of halogens is 2. The van der Waals surface area contributed by atoms with Gasteiger partial charge in [-0.15, -0.1) is 0 Å². The first kappa shape index (κ1) is 18.4. The maximum atomic E-state index is 13.3. The summed E-state index contributed by atoms with van der Waals surface area (Å²) in [6, 6.07) is 12.2. The molecule has 2 aromatic carbocycles. The van der Waals surface area contributed by atoms with Crippen LogP contribution in [0.2, 0.25) is 5.02 Å². The van der Waals surface area contributed by atoms with E-state index in [9.17, 15) is 14.0 Å². The number of hydrogen-bond donors (Lipinski definition) is 1. The number of nitrogens with zero attached hydrogens (tertiary/aromatic N) is 1. The van der Waals surface area contributed by atoms with Crippen molar-refractivity contribution in [1.29, 1.82) is 0 Å². The molecule has 0 spiro atoms. The lowest BCUT2D eigenvalue weighted by atomic mass is 10.1. The van der Waals surface area contributed by atoms with Gasteiger partial charge in [0.2, 0.25) is 11.8 Å². The van der Waals surface area contributed by atoms with Gasteiger partial charge in [0.15, 0.2) is 0 Å². The molecule has 1 atom stereocenters. The number of hydrogen-bond acceptors (Lipinski definition) is 2. The van der Waals surface area contributed by atoms with Crippen LogP contribution in [-0.2, 0) is 22.6 Å². The van der Waals surface area contributed by atoms with E-state index in [1.165, 1.54) is 28.7 Å². The zero-order chi connectivity index (χ0) is 18.7. The van der Waals surface area contributed by atoms with Gasteiger partial charge in [-0.3, -0.25) is 9.59 Å². The second-order valence-electron chi connectivity index (χ2n) is 6.39. The standard InChI is InChI=1S/C20H20ClFN2O2/c1-2-13-3-5-14(6-4-13)11-23-20(26)15-9-19(25)24(12-15)16-7-8-18(22)17(21)10-16/h3-8,10,15H,2,9,11-12H2,1H3,(H,23,26)/t15-/m1/s1.